The zero-order valence-electron chi connectivity index (χ0n) is 11.9. The lowest BCUT2D eigenvalue weighted by atomic mass is 10.1. The summed E-state index contributed by atoms with van der Waals surface area (Å²) in [6.45, 7) is 2.19. The molecule has 0 aliphatic rings. The van der Waals surface area contributed by atoms with Gasteiger partial charge in [-0.1, -0.05) is 55.4 Å². The Morgan fingerprint density at radius 3 is 2.52 bits per heavy atom. The second-order valence-corrected chi connectivity index (χ2v) is 5.67. The smallest absolute Gasteiger partial charge is 0.139 e. The third kappa shape index (κ3) is 4.19. The van der Waals surface area contributed by atoms with Crippen LogP contribution in [0.2, 0.25) is 5.02 Å². The van der Waals surface area contributed by atoms with Gasteiger partial charge < -0.3 is 10.5 Å². The van der Waals surface area contributed by atoms with E-state index in [1.165, 1.54) is 18.4 Å². The Labute approximate surface area is 135 Å². The van der Waals surface area contributed by atoms with Gasteiger partial charge in [-0.05, 0) is 42.7 Å². The van der Waals surface area contributed by atoms with Crippen molar-refractivity contribution >= 4 is 28.8 Å². The lowest BCUT2D eigenvalue weighted by molar-refractivity contribution is 0.481. The van der Waals surface area contributed by atoms with Gasteiger partial charge in [0, 0.05) is 0 Å². The molecule has 0 spiro atoms. The van der Waals surface area contributed by atoms with E-state index >= 15 is 0 Å². The lowest BCUT2D eigenvalue weighted by Crippen LogP contribution is -2.11. The maximum atomic E-state index is 6.13. The Hall–Kier alpha value is -1.58. The Morgan fingerprint density at radius 2 is 1.90 bits per heavy atom. The molecule has 0 saturated heterocycles. The molecule has 2 nitrogen and oxygen atoms in total. The molecule has 21 heavy (non-hydrogen) atoms. The van der Waals surface area contributed by atoms with Gasteiger partial charge in [-0.15, -0.1) is 0 Å². The largest absolute Gasteiger partial charge is 0.457 e. The average molecular weight is 320 g/mol. The summed E-state index contributed by atoms with van der Waals surface area (Å²) < 4.78 is 5.86. The van der Waals surface area contributed by atoms with Crippen LogP contribution >= 0.6 is 23.8 Å². The average Bonchev–Trinajstić information content (AvgIpc) is 2.46. The van der Waals surface area contributed by atoms with Crippen molar-refractivity contribution in [2.75, 3.05) is 0 Å². The number of hydrogen-bond acceptors (Lipinski definition) is 2. The highest BCUT2D eigenvalue weighted by molar-refractivity contribution is 7.80. The highest BCUT2D eigenvalue weighted by Crippen LogP contribution is 2.30. The summed E-state index contributed by atoms with van der Waals surface area (Å²) in [4.78, 5) is 0.232. The molecule has 2 aromatic rings. The quantitative estimate of drug-likeness (QED) is 0.751. The number of ether oxygens (including phenoxy) is 1. The van der Waals surface area contributed by atoms with E-state index in [-0.39, 0.29) is 4.99 Å². The molecule has 0 bridgehead atoms. The van der Waals surface area contributed by atoms with Gasteiger partial charge in [-0.3, -0.25) is 0 Å². The van der Waals surface area contributed by atoms with Crippen molar-refractivity contribution < 1.29 is 4.74 Å². The number of hydrogen-bond donors (Lipinski definition) is 1. The van der Waals surface area contributed by atoms with E-state index in [1.54, 1.807) is 6.07 Å². The first-order valence-corrected chi connectivity index (χ1v) is 7.75. The van der Waals surface area contributed by atoms with E-state index in [1.807, 2.05) is 24.3 Å². The monoisotopic (exact) mass is 319 g/mol. The minimum atomic E-state index is 0.232. The van der Waals surface area contributed by atoms with Crippen LogP contribution in [0, 0.1) is 0 Å². The van der Waals surface area contributed by atoms with Gasteiger partial charge in [0.1, 0.15) is 16.5 Å². The normalized spacial score (nSPS) is 10.4. The predicted molar refractivity (Wildman–Crippen MR) is 92.5 cm³/mol. The van der Waals surface area contributed by atoms with E-state index in [2.05, 4.69) is 19.1 Å². The maximum absolute atomic E-state index is 6.13. The van der Waals surface area contributed by atoms with Crippen LogP contribution in [0.4, 0.5) is 0 Å². The third-order valence-electron chi connectivity index (χ3n) is 3.19. The minimum Gasteiger partial charge on any atom is -0.457 e. The fourth-order valence-electron chi connectivity index (χ4n) is 2.06. The molecule has 0 radical (unpaired) electrons. The lowest BCUT2D eigenvalue weighted by Gasteiger charge is -2.12. The summed E-state index contributed by atoms with van der Waals surface area (Å²) in [6.07, 6.45) is 3.48. The number of aryl methyl sites for hydroxylation is 1. The standard InChI is InChI=1S/C17H18ClNOS/c1-2-3-5-12-8-10-13(11-9-12)20-15-7-4-6-14(18)16(15)17(19)21/h4,6-11H,2-3,5H2,1H3,(H2,19,21). The van der Waals surface area contributed by atoms with Gasteiger partial charge in [0.2, 0.25) is 0 Å². The van der Waals surface area contributed by atoms with Crippen molar-refractivity contribution in [2.24, 2.45) is 5.73 Å². The number of halogens is 1. The predicted octanol–water partition coefficient (Wildman–Crippen LogP) is 5.11. The topological polar surface area (TPSA) is 35.2 Å². The molecule has 2 rings (SSSR count). The van der Waals surface area contributed by atoms with Crippen LogP contribution in [-0.2, 0) is 6.42 Å². The molecule has 110 valence electrons. The van der Waals surface area contributed by atoms with Gasteiger partial charge in [0.25, 0.3) is 0 Å². The summed E-state index contributed by atoms with van der Waals surface area (Å²) in [5, 5.41) is 0.500. The van der Waals surface area contributed by atoms with Crippen LogP contribution in [0.5, 0.6) is 11.5 Å². The molecular weight excluding hydrogens is 302 g/mol. The van der Waals surface area contributed by atoms with Crippen LogP contribution in [0.15, 0.2) is 42.5 Å². The zero-order chi connectivity index (χ0) is 15.2. The van der Waals surface area contributed by atoms with E-state index < -0.39 is 0 Å². The van der Waals surface area contributed by atoms with Crippen LogP contribution in [0.25, 0.3) is 0 Å². The Balaban J connectivity index is 2.19. The molecule has 0 amide bonds. The van der Waals surface area contributed by atoms with Gasteiger partial charge in [0.15, 0.2) is 0 Å². The van der Waals surface area contributed by atoms with Crippen molar-refractivity contribution in [1.29, 1.82) is 0 Å². The summed E-state index contributed by atoms with van der Waals surface area (Å²) in [5.74, 6) is 1.33. The molecule has 0 aliphatic heterocycles. The van der Waals surface area contributed by atoms with Crippen molar-refractivity contribution in [3.8, 4) is 11.5 Å². The molecule has 0 unspecified atom stereocenters. The van der Waals surface area contributed by atoms with Crippen LogP contribution in [0.1, 0.15) is 30.9 Å². The first kappa shape index (κ1) is 15.8. The molecule has 0 atom stereocenters. The Bertz CT molecular complexity index is 625. The molecule has 4 heteroatoms. The van der Waals surface area contributed by atoms with Gasteiger partial charge in [-0.25, -0.2) is 0 Å². The minimum absolute atomic E-state index is 0.232. The van der Waals surface area contributed by atoms with Gasteiger partial charge in [-0.2, -0.15) is 0 Å². The molecule has 0 aromatic heterocycles. The number of thiocarbonyl (C=S) groups is 1. The van der Waals surface area contributed by atoms with Crippen LogP contribution in [0.3, 0.4) is 0 Å². The van der Waals surface area contributed by atoms with Gasteiger partial charge >= 0.3 is 0 Å². The number of nitrogens with two attached hydrogens (primary N) is 1. The fourth-order valence-corrected chi connectivity index (χ4v) is 2.59. The molecule has 0 aliphatic carbocycles. The Kier molecular flexibility index (Phi) is 5.59. The van der Waals surface area contributed by atoms with Crippen molar-refractivity contribution in [2.45, 2.75) is 26.2 Å². The Morgan fingerprint density at radius 1 is 1.19 bits per heavy atom. The molecule has 0 heterocycles. The summed E-state index contributed by atoms with van der Waals surface area (Å²) in [6, 6.07) is 13.4. The van der Waals surface area contributed by atoms with Crippen LogP contribution < -0.4 is 10.5 Å². The maximum Gasteiger partial charge on any atom is 0.139 e. The van der Waals surface area contributed by atoms with E-state index in [0.29, 0.717) is 16.3 Å². The summed E-state index contributed by atoms with van der Waals surface area (Å²) in [7, 11) is 0. The number of rotatable bonds is 6. The third-order valence-corrected chi connectivity index (χ3v) is 3.71. The summed E-state index contributed by atoms with van der Waals surface area (Å²) >= 11 is 11.2. The zero-order valence-corrected chi connectivity index (χ0v) is 13.5. The second-order valence-electron chi connectivity index (χ2n) is 4.83. The number of unbranched alkanes of at least 4 members (excludes halogenated alkanes) is 1. The highest BCUT2D eigenvalue weighted by atomic mass is 35.5. The van der Waals surface area contributed by atoms with Crippen molar-refractivity contribution in [1.82, 2.24) is 0 Å². The summed E-state index contributed by atoms with van der Waals surface area (Å²) in [5.41, 5.74) is 7.60. The number of benzene rings is 2. The van der Waals surface area contributed by atoms with E-state index in [0.717, 1.165) is 12.2 Å². The fraction of sp³-hybridized carbons (Fsp3) is 0.235. The SMILES string of the molecule is CCCCc1ccc(Oc2cccc(Cl)c2C(N)=S)cc1. The molecule has 0 saturated carbocycles. The molecule has 2 N–H and O–H groups in total. The van der Waals surface area contributed by atoms with E-state index in [9.17, 15) is 0 Å². The molecule has 2 aromatic carbocycles. The van der Waals surface area contributed by atoms with E-state index in [4.69, 9.17) is 34.3 Å². The van der Waals surface area contributed by atoms with Gasteiger partial charge in [0.05, 0.1) is 10.6 Å². The van der Waals surface area contributed by atoms with Crippen LogP contribution in [-0.4, -0.2) is 4.99 Å². The molecular formula is C17H18ClNOS. The first-order chi connectivity index (χ1) is 10.1. The molecule has 0 fully saturated rings. The second kappa shape index (κ2) is 7.43. The highest BCUT2D eigenvalue weighted by Gasteiger charge is 2.11. The first-order valence-electron chi connectivity index (χ1n) is 6.97. The van der Waals surface area contributed by atoms with Crippen molar-refractivity contribution in [3.63, 3.8) is 0 Å². The van der Waals surface area contributed by atoms with Crippen molar-refractivity contribution in [3.05, 3.63) is 58.6 Å².